The van der Waals surface area contributed by atoms with E-state index < -0.39 is 23.9 Å². The van der Waals surface area contributed by atoms with Gasteiger partial charge in [-0.3, -0.25) is 9.59 Å². The largest absolute Gasteiger partial charge is 0.467 e. The van der Waals surface area contributed by atoms with Crippen LogP contribution in [0.3, 0.4) is 0 Å². The number of ether oxygens (including phenoxy) is 2. The van der Waals surface area contributed by atoms with Crippen LogP contribution in [-0.2, 0) is 32.0 Å². The number of fused-ring (bicyclic) bond motifs is 1. The van der Waals surface area contributed by atoms with Gasteiger partial charge in [0.15, 0.2) is 0 Å². The Morgan fingerprint density at radius 1 is 1.40 bits per heavy atom. The van der Waals surface area contributed by atoms with Crippen LogP contribution in [0.2, 0.25) is 10.0 Å². The number of rotatable bonds is 6. The number of likely N-dealkylation sites (tertiary alicyclic amines) is 1. The summed E-state index contributed by atoms with van der Waals surface area (Å²) in [5.74, 6) is -1.56. The average molecular weight is 525 g/mol. The van der Waals surface area contributed by atoms with Crippen molar-refractivity contribution in [1.29, 1.82) is 0 Å². The number of methoxy groups -OCH3 is 1. The van der Waals surface area contributed by atoms with Crippen LogP contribution < -0.4 is 16.1 Å². The summed E-state index contributed by atoms with van der Waals surface area (Å²) in [7, 11) is 1.19. The van der Waals surface area contributed by atoms with Gasteiger partial charge in [0.1, 0.15) is 12.1 Å². The molecule has 11 nitrogen and oxygen atoms in total. The molecule has 2 atom stereocenters. The number of carbonyl (C=O) groups is 3. The van der Waals surface area contributed by atoms with E-state index in [1.54, 1.807) is 11.0 Å². The lowest BCUT2D eigenvalue weighted by Crippen LogP contribution is -2.45. The van der Waals surface area contributed by atoms with E-state index in [0.29, 0.717) is 32.5 Å². The van der Waals surface area contributed by atoms with Crippen LogP contribution in [0.4, 0.5) is 0 Å². The molecule has 0 unspecified atom stereocenters. The van der Waals surface area contributed by atoms with Crippen molar-refractivity contribution in [2.45, 2.75) is 38.5 Å². The molecule has 0 aliphatic carbocycles. The van der Waals surface area contributed by atoms with Crippen LogP contribution in [0.1, 0.15) is 34.8 Å². The van der Waals surface area contributed by atoms with Gasteiger partial charge in [-0.1, -0.05) is 28.6 Å². The number of benzene rings is 1. The van der Waals surface area contributed by atoms with Crippen LogP contribution in [0.5, 0.6) is 0 Å². The molecule has 1 amide bonds. The van der Waals surface area contributed by atoms with Crippen LogP contribution in [0.15, 0.2) is 11.1 Å². The molecule has 1 saturated heterocycles. The zero-order valence-corrected chi connectivity index (χ0v) is 20.8. The Bertz CT molecular complexity index is 1070. The third-order valence-electron chi connectivity index (χ3n) is 5.65. The second-order valence-corrected chi connectivity index (χ2v) is 8.80. The molecule has 2 aliphatic rings. The van der Waals surface area contributed by atoms with Gasteiger partial charge in [0.05, 0.1) is 35.8 Å². The second-order valence-electron chi connectivity index (χ2n) is 8.02. The van der Waals surface area contributed by atoms with E-state index in [4.69, 9.17) is 39.2 Å². The molecule has 0 bridgehead atoms. The maximum absolute atomic E-state index is 13.1. The van der Waals surface area contributed by atoms with Crippen LogP contribution >= 0.6 is 23.2 Å². The van der Waals surface area contributed by atoms with Gasteiger partial charge >= 0.3 is 11.9 Å². The number of carbonyl (C=O) groups excluding carboxylic acids is 3. The molecule has 35 heavy (non-hydrogen) atoms. The van der Waals surface area contributed by atoms with Gasteiger partial charge in [-0.25, -0.2) is 9.79 Å². The third kappa shape index (κ3) is 6.54. The normalized spacial score (nSPS) is 18.2. The Balaban J connectivity index is 1.78. The molecule has 0 aromatic heterocycles. The molecule has 3 rings (SSSR count). The first-order chi connectivity index (χ1) is 16.7. The highest BCUT2D eigenvalue weighted by Gasteiger charge is 2.30. The highest BCUT2D eigenvalue weighted by Crippen LogP contribution is 2.33. The maximum Gasteiger partial charge on any atom is 0.330 e. The second kappa shape index (κ2) is 12.1. The molecule has 188 valence electrons. The number of nitrogens with one attached hydrogen (secondary N) is 3. The Morgan fingerprint density at radius 3 is 2.86 bits per heavy atom. The summed E-state index contributed by atoms with van der Waals surface area (Å²) < 4.78 is 10.0. The minimum absolute atomic E-state index is 0.0788. The van der Waals surface area contributed by atoms with Crippen molar-refractivity contribution in [3.63, 3.8) is 0 Å². The zero-order chi connectivity index (χ0) is 25.5. The standard InChI is InChI=1S/C22H26Cl2N6O5/c1-12(31)35-14-5-7-30(11-14)22(29-25-2)27-10-17(21(33)34-3)28-20(32)18-16(23)8-13-9-26-6-4-15(13)19(18)24/h8,14,17,26H,4-7,9-11H2,1,3H3,(H,27,29)(H,28,32)/t14-,17-/m0/s1. The number of aliphatic imine (C=N–C) groups is 1. The first-order valence-corrected chi connectivity index (χ1v) is 11.7. The first kappa shape index (κ1) is 26.5. The van der Waals surface area contributed by atoms with Crippen molar-refractivity contribution in [3.8, 4) is 0 Å². The Kier molecular flexibility index (Phi) is 9.14. The smallest absolute Gasteiger partial charge is 0.330 e. The van der Waals surface area contributed by atoms with Crippen molar-refractivity contribution >= 4 is 47.0 Å². The summed E-state index contributed by atoms with van der Waals surface area (Å²) in [6.45, 7) is 10.4. The van der Waals surface area contributed by atoms with Crippen LogP contribution in [0, 0.1) is 6.57 Å². The van der Waals surface area contributed by atoms with Crippen LogP contribution in [-0.4, -0.2) is 74.1 Å². The molecule has 2 aliphatic heterocycles. The number of halogens is 2. The highest BCUT2D eigenvalue weighted by atomic mass is 35.5. The summed E-state index contributed by atoms with van der Waals surface area (Å²) in [6.07, 6.45) is 0.886. The Morgan fingerprint density at radius 2 is 2.17 bits per heavy atom. The molecule has 13 heteroatoms. The lowest BCUT2D eigenvalue weighted by Gasteiger charge is -2.22. The number of esters is 2. The Hall–Kier alpha value is -3.07. The Labute approximate surface area is 212 Å². The summed E-state index contributed by atoms with van der Waals surface area (Å²) in [5, 5.41) is 6.24. The predicted octanol–water partition coefficient (Wildman–Crippen LogP) is 1.33. The monoisotopic (exact) mass is 524 g/mol. The average Bonchev–Trinajstić information content (AvgIpc) is 3.27. The fourth-order valence-corrected chi connectivity index (χ4v) is 4.78. The van der Waals surface area contributed by atoms with E-state index in [1.807, 2.05) is 0 Å². The molecule has 1 fully saturated rings. The third-order valence-corrected chi connectivity index (χ3v) is 6.37. The molecule has 3 N–H and O–H groups in total. The summed E-state index contributed by atoms with van der Waals surface area (Å²) in [5.41, 5.74) is 4.30. The summed E-state index contributed by atoms with van der Waals surface area (Å²) in [4.78, 5) is 46.0. The van der Waals surface area contributed by atoms with E-state index >= 15 is 0 Å². The van der Waals surface area contributed by atoms with Gasteiger partial charge < -0.3 is 25.0 Å². The van der Waals surface area contributed by atoms with Gasteiger partial charge in [0.25, 0.3) is 11.9 Å². The van der Waals surface area contributed by atoms with Crippen LogP contribution in [0.25, 0.3) is 4.95 Å². The lowest BCUT2D eigenvalue weighted by atomic mass is 9.97. The van der Waals surface area contributed by atoms with Crippen molar-refractivity contribution in [2.75, 3.05) is 33.3 Å². The molecule has 0 spiro atoms. The minimum Gasteiger partial charge on any atom is -0.467 e. The first-order valence-electron chi connectivity index (χ1n) is 10.9. The minimum atomic E-state index is -1.16. The van der Waals surface area contributed by atoms with Crippen molar-refractivity contribution in [2.24, 2.45) is 4.99 Å². The van der Waals surface area contributed by atoms with E-state index in [2.05, 4.69) is 26.0 Å². The topological polar surface area (TPSA) is 126 Å². The molecule has 2 heterocycles. The van der Waals surface area contributed by atoms with E-state index in [-0.39, 0.29) is 34.2 Å². The number of guanidine groups is 1. The summed E-state index contributed by atoms with van der Waals surface area (Å²) in [6, 6.07) is 0.534. The quantitative estimate of drug-likeness (QED) is 0.167. The van der Waals surface area contributed by atoms with E-state index in [0.717, 1.165) is 17.7 Å². The zero-order valence-electron chi connectivity index (χ0n) is 19.3. The van der Waals surface area contributed by atoms with Gasteiger partial charge in [0, 0.05) is 26.4 Å². The van der Waals surface area contributed by atoms with E-state index in [1.165, 1.54) is 14.0 Å². The molecule has 1 aromatic carbocycles. The maximum atomic E-state index is 13.1. The SMILES string of the molecule is [C-]#[N+]NC(=NC[C@H](NC(=O)c1c(Cl)cc2c(c1Cl)CCNC2)C(=O)OC)N1CC[C@H](OC(C)=O)C1. The molecular weight excluding hydrogens is 499 g/mol. The van der Waals surface area contributed by atoms with Crippen molar-refractivity contribution in [1.82, 2.24) is 21.0 Å². The van der Waals surface area contributed by atoms with Gasteiger partial charge in [-0.05, 0) is 30.2 Å². The van der Waals surface area contributed by atoms with Crippen molar-refractivity contribution < 1.29 is 23.9 Å². The lowest BCUT2D eigenvalue weighted by molar-refractivity contribution is -0.145. The van der Waals surface area contributed by atoms with Gasteiger partial charge in [0.2, 0.25) is 0 Å². The summed E-state index contributed by atoms with van der Waals surface area (Å²) >= 11 is 12.9. The van der Waals surface area contributed by atoms with Gasteiger partial charge in [-0.2, -0.15) is 11.5 Å². The highest BCUT2D eigenvalue weighted by molar-refractivity contribution is 6.40. The number of hydrogen-bond donors (Lipinski definition) is 3. The number of nitrogens with zero attached hydrogens (tertiary/aromatic N) is 3. The molecular formula is C22H26Cl2N6O5. The number of hydrogen-bond acceptors (Lipinski definition) is 7. The molecule has 0 radical (unpaired) electrons. The molecule has 0 saturated carbocycles. The van der Waals surface area contributed by atoms with Gasteiger partial charge in [-0.15, -0.1) is 0 Å². The molecule has 1 aromatic rings. The number of amides is 1. The fraction of sp³-hybridized carbons (Fsp3) is 0.500. The van der Waals surface area contributed by atoms with Crippen molar-refractivity contribution in [3.05, 3.63) is 44.3 Å². The fourth-order valence-electron chi connectivity index (χ4n) is 4.02. The van der Waals surface area contributed by atoms with E-state index in [9.17, 15) is 14.4 Å². The predicted molar refractivity (Wildman–Crippen MR) is 129 cm³/mol.